The van der Waals surface area contributed by atoms with Gasteiger partial charge >= 0.3 is 6.61 Å². The predicted octanol–water partition coefficient (Wildman–Crippen LogP) is 5.43. The van der Waals surface area contributed by atoms with Crippen molar-refractivity contribution in [2.24, 2.45) is 0 Å². The number of hydrogen-bond acceptors (Lipinski definition) is 7. The molecular formula is C18H14Cl3F2N3O5. The van der Waals surface area contributed by atoms with Crippen molar-refractivity contribution in [3.05, 3.63) is 68.0 Å². The molecule has 1 aromatic heterocycles. The number of ether oxygens (including phenoxy) is 2. The molecule has 0 fully saturated rings. The number of nitro benzene ring substituents is 1. The van der Waals surface area contributed by atoms with Crippen LogP contribution in [0.5, 0.6) is 0 Å². The maximum Gasteiger partial charge on any atom is 0.387 e. The molecule has 2 aromatic rings. The van der Waals surface area contributed by atoms with Crippen molar-refractivity contribution in [2.45, 2.75) is 24.5 Å². The van der Waals surface area contributed by atoms with Gasteiger partial charge in [-0.25, -0.2) is 0 Å². The van der Waals surface area contributed by atoms with E-state index in [0.29, 0.717) is 5.57 Å². The van der Waals surface area contributed by atoms with Crippen molar-refractivity contribution in [2.75, 3.05) is 13.0 Å². The number of nitrogens with zero attached hydrogens (tertiary/aromatic N) is 3. The first-order chi connectivity index (χ1) is 14.7. The van der Waals surface area contributed by atoms with Crippen LogP contribution in [0.25, 0.3) is 5.57 Å². The van der Waals surface area contributed by atoms with E-state index in [0.717, 1.165) is 6.07 Å². The van der Waals surface area contributed by atoms with Crippen LogP contribution >= 0.6 is 34.8 Å². The minimum absolute atomic E-state index is 0.0307. The van der Waals surface area contributed by atoms with Crippen LogP contribution < -0.4 is 0 Å². The molecule has 0 spiro atoms. The molecule has 1 heterocycles. The predicted molar refractivity (Wildman–Crippen MR) is 108 cm³/mol. The lowest BCUT2D eigenvalue weighted by atomic mass is 9.79. The molecule has 0 amide bonds. The number of nitro groups is 1. The smallest absolute Gasteiger partial charge is 0.387 e. The maximum atomic E-state index is 13.3. The van der Waals surface area contributed by atoms with Crippen molar-refractivity contribution in [1.82, 2.24) is 10.1 Å². The fourth-order valence-electron chi connectivity index (χ4n) is 3.30. The van der Waals surface area contributed by atoms with Gasteiger partial charge in [0, 0.05) is 30.7 Å². The minimum atomic E-state index is -3.20. The third kappa shape index (κ3) is 4.52. The molecule has 0 N–H and O–H groups in total. The van der Waals surface area contributed by atoms with Gasteiger partial charge in [0.15, 0.2) is 11.4 Å². The molecule has 1 unspecified atom stereocenters. The summed E-state index contributed by atoms with van der Waals surface area (Å²) in [7, 11) is 1.25. The Morgan fingerprint density at radius 2 is 2.10 bits per heavy atom. The number of alkyl halides is 4. The van der Waals surface area contributed by atoms with Crippen molar-refractivity contribution in [1.29, 1.82) is 0 Å². The van der Waals surface area contributed by atoms with E-state index in [-0.39, 0.29) is 51.8 Å². The molecule has 13 heteroatoms. The van der Waals surface area contributed by atoms with E-state index in [4.69, 9.17) is 48.8 Å². The van der Waals surface area contributed by atoms with Crippen LogP contribution in [0, 0.1) is 10.1 Å². The summed E-state index contributed by atoms with van der Waals surface area (Å²) < 4.78 is 42.1. The lowest BCUT2D eigenvalue weighted by molar-refractivity contribution is -0.384. The van der Waals surface area contributed by atoms with E-state index >= 15 is 0 Å². The van der Waals surface area contributed by atoms with Crippen LogP contribution in [-0.2, 0) is 21.0 Å². The van der Waals surface area contributed by atoms with Crippen molar-refractivity contribution in [3.63, 3.8) is 0 Å². The minimum Gasteiger partial charge on any atom is -0.435 e. The molecule has 0 radical (unpaired) electrons. The summed E-state index contributed by atoms with van der Waals surface area (Å²) in [5, 5.41) is 15.1. The normalized spacial score (nSPS) is 19.0. The zero-order valence-corrected chi connectivity index (χ0v) is 18.0. The van der Waals surface area contributed by atoms with Gasteiger partial charge in [-0.3, -0.25) is 10.1 Å². The van der Waals surface area contributed by atoms with Gasteiger partial charge in [-0.05, 0) is 17.7 Å². The summed E-state index contributed by atoms with van der Waals surface area (Å²) >= 11 is 17.6. The Morgan fingerprint density at radius 1 is 1.35 bits per heavy atom. The fourth-order valence-corrected chi connectivity index (χ4v) is 3.79. The highest BCUT2D eigenvalue weighted by atomic mass is 35.5. The highest BCUT2D eigenvalue weighted by Gasteiger charge is 2.46. The standard InChI is InChI=1S/C18H14Cl3F2N3O5/c1-29-18(11-2-3-12(21)13(5-11)26(27)28)6-9(16-24-14(8-20)31-25-16)4-10(7-19)15(18)30-17(22)23/h2-5,17H,6-8H2,1H3. The molecule has 1 atom stereocenters. The van der Waals surface area contributed by atoms with Crippen LogP contribution in [0.4, 0.5) is 14.5 Å². The molecule has 31 heavy (non-hydrogen) atoms. The number of aromatic nitrogens is 2. The molecule has 0 bridgehead atoms. The third-order valence-electron chi connectivity index (χ3n) is 4.62. The molecular weight excluding hydrogens is 483 g/mol. The second-order valence-corrected chi connectivity index (χ2v) is 7.25. The largest absolute Gasteiger partial charge is 0.435 e. The van der Waals surface area contributed by atoms with Crippen molar-refractivity contribution in [3.8, 4) is 0 Å². The quantitative estimate of drug-likeness (QED) is 0.273. The van der Waals surface area contributed by atoms with Gasteiger partial charge in [0.1, 0.15) is 16.7 Å². The van der Waals surface area contributed by atoms with Gasteiger partial charge in [-0.1, -0.05) is 22.8 Å². The fraction of sp³-hybridized carbons (Fsp3) is 0.333. The number of methoxy groups -OCH3 is 1. The molecule has 1 aliphatic rings. The van der Waals surface area contributed by atoms with E-state index in [9.17, 15) is 18.9 Å². The molecule has 0 aliphatic heterocycles. The summed E-state index contributed by atoms with van der Waals surface area (Å²) in [4.78, 5) is 14.8. The van der Waals surface area contributed by atoms with Crippen molar-refractivity contribution < 1.29 is 27.7 Å². The first-order valence-corrected chi connectivity index (χ1v) is 10.0. The zero-order chi connectivity index (χ0) is 22.8. The monoisotopic (exact) mass is 495 g/mol. The van der Waals surface area contributed by atoms with E-state index in [1.807, 2.05) is 0 Å². The van der Waals surface area contributed by atoms with E-state index < -0.39 is 22.8 Å². The lowest BCUT2D eigenvalue weighted by Gasteiger charge is -2.38. The number of allylic oxidation sites excluding steroid dienone is 2. The average molecular weight is 497 g/mol. The Kier molecular flexibility index (Phi) is 7.15. The Labute approximate surface area is 189 Å². The van der Waals surface area contributed by atoms with Gasteiger partial charge in [0.25, 0.3) is 5.69 Å². The van der Waals surface area contributed by atoms with Gasteiger partial charge in [-0.15, -0.1) is 23.2 Å². The lowest BCUT2D eigenvalue weighted by Crippen LogP contribution is -2.36. The summed E-state index contributed by atoms with van der Waals surface area (Å²) in [6.07, 6.45) is 1.36. The molecule has 8 nitrogen and oxygen atoms in total. The van der Waals surface area contributed by atoms with Gasteiger partial charge in [0.2, 0.25) is 5.89 Å². The third-order valence-corrected chi connectivity index (χ3v) is 5.46. The zero-order valence-electron chi connectivity index (χ0n) is 15.8. The highest BCUT2D eigenvalue weighted by molar-refractivity contribution is 6.32. The van der Waals surface area contributed by atoms with Gasteiger partial charge in [0.05, 0.1) is 10.8 Å². The summed E-state index contributed by atoms with van der Waals surface area (Å²) in [5.74, 6) is -0.265. The summed E-state index contributed by atoms with van der Waals surface area (Å²) in [6.45, 7) is -3.20. The first kappa shape index (κ1) is 23.4. The van der Waals surface area contributed by atoms with E-state index in [1.165, 1.54) is 25.3 Å². The highest BCUT2D eigenvalue weighted by Crippen LogP contribution is 2.48. The summed E-state index contributed by atoms with van der Waals surface area (Å²) in [6, 6.07) is 3.83. The maximum absolute atomic E-state index is 13.3. The Bertz CT molecular complexity index is 1060. The second kappa shape index (κ2) is 9.47. The number of hydrogen-bond donors (Lipinski definition) is 0. The number of benzene rings is 1. The molecule has 166 valence electrons. The van der Waals surface area contributed by atoms with Crippen LogP contribution in [0.1, 0.15) is 23.7 Å². The first-order valence-electron chi connectivity index (χ1n) is 8.59. The average Bonchev–Trinajstić information content (AvgIpc) is 3.23. The van der Waals surface area contributed by atoms with Gasteiger partial charge in [-0.2, -0.15) is 13.8 Å². The number of halogens is 5. The van der Waals surface area contributed by atoms with Crippen molar-refractivity contribution >= 4 is 46.1 Å². The molecule has 1 aromatic carbocycles. The Hall–Kier alpha value is -2.27. The topological polar surface area (TPSA) is 101 Å². The molecule has 0 saturated carbocycles. The Balaban J connectivity index is 2.25. The van der Waals surface area contributed by atoms with Crippen LogP contribution in [-0.4, -0.2) is 34.7 Å². The number of rotatable bonds is 8. The van der Waals surface area contributed by atoms with Crippen LogP contribution in [0.15, 0.2) is 40.1 Å². The van der Waals surface area contributed by atoms with E-state index in [2.05, 4.69) is 10.1 Å². The molecule has 0 saturated heterocycles. The van der Waals surface area contributed by atoms with Crippen LogP contribution in [0.2, 0.25) is 5.02 Å². The molecule has 3 rings (SSSR count). The summed E-state index contributed by atoms with van der Waals surface area (Å²) in [5.41, 5.74) is -1.42. The van der Waals surface area contributed by atoms with Crippen LogP contribution in [0.3, 0.4) is 0 Å². The molecule has 1 aliphatic carbocycles. The van der Waals surface area contributed by atoms with E-state index in [1.54, 1.807) is 0 Å². The second-order valence-electron chi connectivity index (χ2n) is 6.31. The SMILES string of the molecule is COC1(c2ccc(Cl)c([N+](=O)[O-])c2)CC(c2noc(CCl)n2)=CC(CCl)=C1OC(F)F. The Morgan fingerprint density at radius 3 is 2.65 bits per heavy atom. The van der Waals surface area contributed by atoms with Gasteiger partial charge < -0.3 is 14.0 Å².